The Balaban J connectivity index is 2.13. The third-order valence-electron chi connectivity index (χ3n) is 4.24. The molecule has 1 heterocycles. The van der Waals surface area contributed by atoms with Crippen molar-refractivity contribution in [3.05, 3.63) is 42.0 Å². The number of rotatable bonds is 5. The van der Waals surface area contributed by atoms with Crippen LogP contribution in [-0.2, 0) is 4.79 Å². The van der Waals surface area contributed by atoms with Crippen LogP contribution in [0.15, 0.2) is 36.4 Å². The number of carbonyl (C=O) groups excluding carboxylic acids is 1. The van der Waals surface area contributed by atoms with Gasteiger partial charge >= 0.3 is 6.18 Å². The van der Waals surface area contributed by atoms with Crippen molar-refractivity contribution in [2.24, 2.45) is 5.92 Å². The molecule has 7 heteroatoms. The molecule has 0 spiro atoms. The van der Waals surface area contributed by atoms with E-state index in [0.29, 0.717) is 23.1 Å². The monoisotopic (exact) mass is 366 g/mol. The number of halogens is 3. The molecule has 1 aliphatic rings. The zero-order valence-corrected chi connectivity index (χ0v) is 14.6. The summed E-state index contributed by atoms with van der Waals surface area (Å²) in [6.45, 7) is 4.37. The van der Waals surface area contributed by atoms with Crippen LogP contribution in [0.5, 0.6) is 5.75 Å². The van der Waals surface area contributed by atoms with Gasteiger partial charge < -0.3 is 4.74 Å². The van der Waals surface area contributed by atoms with E-state index in [1.807, 2.05) is 13.8 Å². The number of amides is 1. The van der Waals surface area contributed by atoms with Gasteiger partial charge in [-0.2, -0.15) is 13.2 Å². The molecule has 1 atom stereocenters. The lowest BCUT2D eigenvalue weighted by molar-refractivity contribution is -0.190. The summed E-state index contributed by atoms with van der Waals surface area (Å²) in [5.74, 6) is 0.260. The number of ether oxygens (including phenoxy) is 1. The van der Waals surface area contributed by atoms with Crippen LogP contribution < -0.4 is 10.2 Å². The molecule has 1 N–H and O–H groups in total. The highest BCUT2D eigenvalue weighted by atomic mass is 19.4. The van der Waals surface area contributed by atoms with Gasteiger partial charge in [0.25, 0.3) is 0 Å². The maximum atomic E-state index is 13.9. The van der Waals surface area contributed by atoms with Crippen molar-refractivity contribution in [3.8, 4) is 5.75 Å². The predicted molar refractivity (Wildman–Crippen MR) is 92.5 cm³/mol. The van der Waals surface area contributed by atoms with Gasteiger partial charge in [-0.15, -0.1) is 0 Å². The van der Waals surface area contributed by atoms with E-state index in [-0.39, 0.29) is 24.4 Å². The SMILES string of the molecule is CC(C)COc1cccc2cccc([C@H](N3CCC(=O)N3)C(F)(F)F)c12. The summed E-state index contributed by atoms with van der Waals surface area (Å²) in [4.78, 5) is 11.5. The second-order valence-electron chi connectivity index (χ2n) is 6.83. The molecule has 3 rings (SSSR count). The van der Waals surface area contributed by atoms with Gasteiger partial charge in [-0.1, -0.05) is 44.2 Å². The molecule has 1 fully saturated rings. The predicted octanol–water partition coefficient (Wildman–Crippen LogP) is 4.21. The molecule has 2 aromatic rings. The molecule has 0 saturated carbocycles. The minimum Gasteiger partial charge on any atom is -0.493 e. The summed E-state index contributed by atoms with van der Waals surface area (Å²) in [7, 11) is 0. The number of benzene rings is 2. The van der Waals surface area contributed by atoms with E-state index in [2.05, 4.69) is 5.43 Å². The van der Waals surface area contributed by atoms with Crippen molar-refractivity contribution in [1.82, 2.24) is 10.4 Å². The standard InChI is InChI=1S/C19H21F3N2O2/c1-12(2)11-26-15-8-4-6-13-5-3-7-14(17(13)15)18(19(20,21)22)24-10-9-16(25)23-24/h3-8,12,18H,9-11H2,1-2H3,(H,23,25)/t18-/m0/s1. The molecule has 4 nitrogen and oxygen atoms in total. The number of nitrogens with one attached hydrogen (secondary N) is 1. The number of carbonyl (C=O) groups is 1. The molecule has 1 amide bonds. The topological polar surface area (TPSA) is 41.6 Å². The second kappa shape index (κ2) is 7.15. The first-order valence-corrected chi connectivity index (χ1v) is 8.54. The maximum Gasteiger partial charge on any atom is 0.409 e. The summed E-state index contributed by atoms with van der Waals surface area (Å²) in [6.07, 6.45) is -4.49. The Hall–Kier alpha value is -2.28. The molecule has 0 radical (unpaired) electrons. The van der Waals surface area contributed by atoms with Crippen molar-refractivity contribution in [2.45, 2.75) is 32.5 Å². The molecular formula is C19H21F3N2O2. The molecule has 1 aliphatic heterocycles. The molecule has 0 aromatic heterocycles. The van der Waals surface area contributed by atoms with Gasteiger partial charge in [0.1, 0.15) is 5.75 Å². The number of fused-ring (bicyclic) bond motifs is 1. The lowest BCUT2D eigenvalue weighted by Gasteiger charge is -2.30. The Morgan fingerprint density at radius 2 is 1.88 bits per heavy atom. The van der Waals surface area contributed by atoms with E-state index < -0.39 is 18.1 Å². The number of hydrogen-bond donors (Lipinski definition) is 1. The van der Waals surface area contributed by atoms with E-state index in [0.717, 1.165) is 5.01 Å². The number of hydrogen-bond acceptors (Lipinski definition) is 3. The van der Waals surface area contributed by atoms with Crippen molar-refractivity contribution < 1.29 is 22.7 Å². The molecule has 2 aromatic carbocycles. The van der Waals surface area contributed by atoms with E-state index in [1.54, 1.807) is 30.3 Å². The summed E-state index contributed by atoms with van der Waals surface area (Å²) in [6, 6.07) is 8.09. The van der Waals surface area contributed by atoms with Gasteiger partial charge in [0.05, 0.1) is 6.61 Å². The van der Waals surface area contributed by atoms with E-state index >= 15 is 0 Å². The first kappa shape index (κ1) is 18.5. The second-order valence-corrected chi connectivity index (χ2v) is 6.83. The molecule has 0 unspecified atom stereocenters. The van der Waals surface area contributed by atoms with Gasteiger partial charge in [-0.25, -0.2) is 5.01 Å². The quantitative estimate of drug-likeness (QED) is 0.862. The molecule has 140 valence electrons. The van der Waals surface area contributed by atoms with E-state index in [4.69, 9.17) is 4.74 Å². The lowest BCUT2D eigenvalue weighted by Crippen LogP contribution is -2.43. The summed E-state index contributed by atoms with van der Waals surface area (Å²) in [5.41, 5.74) is 2.41. The third kappa shape index (κ3) is 3.77. The molecule has 26 heavy (non-hydrogen) atoms. The normalized spacial score (nSPS) is 16.9. The number of nitrogens with zero attached hydrogens (tertiary/aromatic N) is 1. The Kier molecular flexibility index (Phi) is 5.09. The highest BCUT2D eigenvalue weighted by Crippen LogP contribution is 2.43. The summed E-state index contributed by atoms with van der Waals surface area (Å²) >= 11 is 0. The van der Waals surface area contributed by atoms with Crippen LogP contribution in [0.1, 0.15) is 31.9 Å². The van der Waals surface area contributed by atoms with Crippen LogP contribution in [0.25, 0.3) is 10.8 Å². The Labute approximate surface area is 149 Å². The minimum atomic E-state index is -4.54. The van der Waals surface area contributed by atoms with Crippen molar-refractivity contribution in [3.63, 3.8) is 0 Å². The number of alkyl halides is 3. The minimum absolute atomic E-state index is 0.00835. The molecule has 0 aliphatic carbocycles. The molecular weight excluding hydrogens is 345 g/mol. The third-order valence-corrected chi connectivity index (χ3v) is 4.24. The number of hydrazine groups is 1. The maximum absolute atomic E-state index is 13.9. The van der Waals surface area contributed by atoms with Gasteiger partial charge in [-0.3, -0.25) is 10.2 Å². The largest absolute Gasteiger partial charge is 0.493 e. The highest BCUT2D eigenvalue weighted by molar-refractivity contribution is 5.92. The fourth-order valence-corrected chi connectivity index (χ4v) is 3.15. The van der Waals surface area contributed by atoms with Crippen LogP contribution in [0, 0.1) is 5.92 Å². The smallest absolute Gasteiger partial charge is 0.409 e. The van der Waals surface area contributed by atoms with Crippen LogP contribution in [0.2, 0.25) is 0 Å². The Morgan fingerprint density at radius 3 is 2.46 bits per heavy atom. The van der Waals surface area contributed by atoms with Crippen LogP contribution >= 0.6 is 0 Å². The summed E-state index contributed by atoms with van der Waals surface area (Å²) in [5, 5.41) is 2.07. The molecule has 1 saturated heterocycles. The van der Waals surface area contributed by atoms with Crippen molar-refractivity contribution in [2.75, 3.05) is 13.2 Å². The highest BCUT2D eigenvalue weighted by Gasteiger charge is 2.47. The zero-order chi connectivity index (χ0) is 18.9. The summed E-state index contributed by atoms with van der Waals surface area (Å²) < 4.78 is 47.6. The zero-order valence-electron chi connectivity index (χ0n) is 14.6. The van der Waals surface area contributed by atoms with Crippen molar-refractivity contribution >= 4 is 16.7 Å². The Bertz CT molecular complexity index is 800. The van der Waals surface area contributed by atoms with Crippen molar-refractivity contribution in [1.29, 1.82) is 0 Å². The Morgan fingerprint density at radius 1 is 1.19 bits per heavy atom. The average Bonchev–Trinajstić information content (AvgIpc) is 2.97. The van der Waals surface area contributed by atoms with Crippen LogP contribution in [0.4, 0.5) is 13.2 Å². The van der Waals surface area contributed by atoms with Gasteiger partial charge in [-0.05, 0) is 22.9 Å². The van der Waals surface area contributed by atoms with Crippen LogP contribution in [0.3, 0.4) is 0 Å². The van der Waals surface area contributed by atoms with Gasteiger partial charge in [0.15, 0.2) is 6.04 Å². The molecule has 0 bridgehead atoms. The fraction of sp³-hybridized carbons (Fsp3) is 0.421. The van der Waals surface area contributed by atoms with Gasteiger partial charge in [0.2, 0.25) is 5.91 Å². The first-order chi connectivity index (χ1) is 12.3. The van der Waals surface area contributed by atoms with E-state index in [1.165, 1.54) is 6.07 Å². The van der Waals surface area contributed by atoms with Crippen LogP contribution in [-0.4, -0.2) is 30.2 Å². The first-order valence-electron chi connectivity index (χ1n) is 8.54. The fourth-order valence-electron chi connectivity index (χ4n) is 3.15. The van der Waals surface area contributed by atoms with E-state index in [9.17, 15) is 18.0 Å². The van der Waals surface area contributed by atoms with Gasteiger partial charge in [0, 0.05) is 18.4 Å². The average molecular weight is 366 g/mol. The lowest BCUT2D eigenvalue weighted by atomic mass is 9.97.